The van der Waals surface area contributed by atoms with Crippen molar-refractivity contribution in [1.82, 2.24) is 10.6 Å². The van der Waals surface area contributed by atoms with E-state index in [1.54, 1.807) is 0 Å². The lowest BCUT2D eigenvalue weighted by atomic mass is 10.1. The molecule has 0 amide bonds. The Morgan fingerprint density at radius 1 is 0.714 bits per heavy atom. The largest absolute Gasteiger partial charge is 0.301 e. The molecule has 2 nitrogen and oxygen atoms in total. The Labute approximate surface area is 183 Å². The van der Waals surface area contributed by atoms with Crippen LogP contribution in [0.2, 0.25) is 0 Å². The predicted octanol–water partition coefficient (Wildman–Crippen LogP) is 6.68. The molecule has 2 N–H and O–H groups in total. The number of hydrogen-bond acceptors (Lipinski definition) is 4. The second-order valence-corrected chi connectivity index (χ2v) is 10.7. The summed E-state index contributed by atoms with van der Waals surface area (Å²) in [5, 5.41) is 8.06. The Morgan fingerprint density at radius 2 is 1.11 bits per heavy atom. The molecule has 0 spiro atoms. The van der Waals surface area contributed by atoms with Crippen LogP contribution in [0, 0.1) is 0 Å². The van der Waals surface area contributed by atoms with Gasteiger partial charge in [-0.1, -0.05) is 46.6 Å². The quantitative estimate of drug-likeness (QED) is 0.426. The molecule has 2 saturated heterocycles. The van der Waals surface area contributed by atoms with Crippen molar-refractivity contribution in [2.24, 2.45) is 0 Å². The highest BCUT2D eigenvalue weighted by Crippen LogP contribution is 2.19. The van der Waals surface area contributed by atoms with E-state index in [0.29, 0.717) is 10.7 Å². The Hall–Kier alpha value is -0.420. The van der Waals surface area contributed by atoms with Gasteiger partial charge in [0.15, 0.2) is 0 Å². The van der Waals surface area contributed by atoms with Gasteiger partial charge in [-0.05, 0) is 67.2 Å². The third kappa shape index (κ3) is 13.7. The highest BCUT2D eigenvalue weighted by Gasteiger charge is 2.11. The van der Waals surface area contributed by atoms with Crippen LogP contribution in [0.4, 0.5) is 0 Å². The number of rotatable bonds is 8. The van der Waals surface area contributed by atoms with Crippen LogP contribution in [-0.2, 0) is 0 Å². The van der Waals surface area contributed by atoms with Crippen molar-refractivity contribution in [3.05, 3.63) is 46.6 Å². The molecule has 28 heavy (non-hydrogen) atoms. The van der Waals surface area contributed by atoms with E-state index in [4.69, 9.17) is 0 Å². The van der Waals surface area contributed by atoms with Crippen molar-refractivity contribution < 1.29 is 0 Å². The van der Waals surface area contributed by atoms with Crippen LogP contribution in [0.3, 0.4) is 0 Å². The summed E-state index contributed by atoms with van der Waals surface area (Å²) in [7, 11) is 0. The van der Waals surface area contributed by atoms with E-state index >= 15 is 0 Å². The van der Waals surface area contributed by atoms with Gasteiger partial charge >= 0.3 is 0 Å². The van der Waals surface area contributed by atoms with Crippen molar-refractivity contribution >= 4 is 23.5 Å². The molecule has 0 aromatic rings. The monoisotopic (exact) mass is 422 g/mol. The van der Waals surface area contributed by atoms with Crippen LogP contribution in [0.1, 0.15) is 67.2 Å². The Balaban J connectivity index is 0.000000280. The number of thioether (sulfide) groups is 2. The zero-order chi connectivity index (χ0) is 20.8. The smallest absolute Gasteiger partial charge is 0.0722 e. The van der Waals surface area contributed by atoms with Gasteiger partial charge in [0, 0.05) is 24.6 Å². The maximum Gasteiger partial charge on any atom is 0.0722 e. The molecule has 2 aliphatic rings. The molecule has 2 unspecified atom stereocenters. The van der Waals surface area contributed by atoms with Gasteiger partial charge in [-0.2, -0.15) is 0 Å². The maximum atomic E-state index is 3.46. The van der Waals surface area contributed by atoms with Crippen molar-refractivity contribution in [3.8, 4) is 0 Å². The number of hydrogen-bond donors (Lipinski definition) is 2. The third-order valence-corrected chi connectivity index (χ3v) is 6.75. The van der Waals surface area contributed by atoms with Crippen molar-refractivity contribution in [2.75, 3.05) is 24.6 Å². The first kappa shape index (κ1) is 25.6. The van der Waals surface area contributed by atoms with Gasteiger partial charge in [-0.15, -0.1) is 23.5 Å². The summed E-state index contributed by atoms with van der Waals surface area (Å²) in [6.07, 6.45) is 14.1. The van der Waals surface area contributed by atoms with E-state index in [1.165, 1.54) is 59.5 Å². The minimum atomic E-state index is 0.571. The van der Waals surface area contributed by atoms with Gasteiger partial charge in [0.2, 0.25) is 0 Å². The lowest BCUT2D eigenvalue weighted by Gasteiger charge is -2.05. The average Bonchev–Trinajstić information content (AvgIpc) is 3.29. The van der Waals surface area contributed by atoms with Gasteiger partial charge in [-0.3, -0.25) is 0 Å². The molecular weight excluding hydrogens is 380 g/mol. The van der Waals surface area contributed by atoms with Crippen LogP contribution in [0.25, 0.3) is 0 Å². The lowest BCUT2D eigenvalue weighted by Crippen LogP contribution is -2.17. The van der Waals surface area contributed by atoms with Crippen LogP contribution >= 0.6 is 23.5 Å². The molecule has 160 valence electrons. The van der Waals surface area contributed by atoms with E-state index in [0.717, 1.165) is 13.1 Å². The molecule has 0 bridgehead atoms. The molecule has 0 aromatic heterocycles. The van der Waals surface area contributed by atoms with E-state index in [1.807, 2.05) is 23.5 Å². The van der Waals surface area contributed by atoms with Gasteiger partial charge in [-0.25, -0.2) is 0 Å². The Morgan fingerprint density at radius 3 is 1.39 bits per heavy atom. The second kappa shape index (κ2) is 15.4. The summed E-state index contributed by atoms with van der Waals surface area (Å²) < 4.78 is 0. The SMILES string of the molecule is CC(C)=CCC/C(C)=C/C1NCCS1.CC(C)=CCC/C(C)=C\C1NCCS1. The minimum Gasteiger partial charge on any atom is -0.301 e. The van der Waals surface area contributed by atoms with E-state index < -0.39 is 0 Å². The predicted molar refractivity (Wildman–Crippen MR) is 133 cm³/mol. The molecule has 2 rings (SSSR count). The Bertz CT molecular complexity index is 491. The molecule has 4 heteroatoms. The van der Waals surface area contributed by atoms with Gasteiger partial charge in [0.1, 0.15) is 0 Å². The molecular formula is C24H42N2S2. The van der Waals surface area contributed by atoms with Gasteiger partial charge in [0.05, 0.1) is 10.7 Å². The van der Waals surface area contributed by atoms with Gasteiger partial charge in [0.25, 0.3) is 0 Å². The molecule has 2 atom stereocenters. The normalized spacial score (nSPS) is 22.5. The van der Waals surface area contributed by atoms with Gasteiger partial charge < -0.3 is 10.6 Å². The number of nitrogens with one attached hydrogen (secondary N) is 2. The molecule has 2 aliphatic heterocycles. The summed E-state index contributed by atoms with van der Waals surface area (Å²) >= 11 is 4.02. The summed E-state index contributed by atoms with van der Waals surface area (Å²) in [4.78, 5) is 0. The number of allylic oxidation sites excluding steroid dienone is 6. The fraction of sp³-hybridized carbons (Fsp3) is 0.667. The molecule has 0 radical (unpaired) electrons. The van der Waals surface area contributed by atoms with Crippen LogP contribution in [0.15, 0.2) is 46.6 Å². The van der Waals surface area contributed by atoms with E-state index in [-0.39, 0.29) is 0 Å². The van der Waals surface area contributed by atoms with Crippen LogP contribution in [-0.4, -0.2) is 35.3 Å². The standard InChI is InChI=1S/2C12H21NS/c2*1-10(2)5-4-6-11(3)9-12-13-7-8-14-12/h2*5,9,12-13H,4,6-8H2,1-3H3/b11-9+;11-9-. The lowest BCUT2D eigenvalue weighted by molar-refractivity contribution is 0.795. The fourth-order valence-corrected chi connectivity index (χ4v) is 5.07. The zero-order valence-electron chi connectivity index (χ0n) is 18.9. The molecule has 0 saturated carbocycles. The minimum absolute atomic E-state index is 0.571. The zero-order valence-corrected chi connectivity index (χ0v) is 20.6. The van der Waals surface area contributed by atoms with E-state index in [2.05, 4.69) is 76.5 Å². The molecule has 0 aliphatic carbocycles. The highest BCUT2D eigenvalue weighted by atomic mass is 32.2. The van der Waals surface area contributed by atoms with Crippen molar-refractivity contribution in [1.29, 1.82) is 0 Å². The third-order valence-electron chi connectivity index (χ3n) is 4.54. The molecule has 2 fully saturated rings. The van der Waals surface area contributed by atoms with Crippen molar-refractivity contribution in [3.63, 3.8) is 0 Å². The van der Waals surface area contributed by atoms with Crippen molar-refractivity contribution in [2.45, 2.75) is 78.0 Å². The summed E-state index contributed by atoms with van der Waals surface area (Å²) in [5.41, 5.74) is 5.86. The summed E-state index contributed by atoms with van der Waals surface area (Å²) in [5.74, 6) is 2.50. The topological polar surface area (TPSA) is 24.1 Å². The summed E-state index contributed by atoms with van der Waals surface area (Å²) in [6, 6.07) is 0. The molecule has 0 aromatic carbocycles. The first-order chi connectivity index (χ1) is 13.4. The molecule has 2 heterocycles. The first-order valence-electron chi connectivity index (χ1n) is 10.7. The first-order valence-corrected chi connectivity index (χ1v) is 12.8. The average molecular weight is 423 g/mol. The van der Waals surface area contributed by atoms with Crippen LogP contribution in [0.5, 0.6) is 0 Å². The summed E-state index contributed by atoms with van der Waals surface area (Å²) in [6.45, 7) is 15.4. The Kier molecular flexibility index (Phi) is 14.1. The highest BCUT2D eigenvalue weighted by molar-refractivity contribution is 8.00. The fourth-order valence-electron chi connectivity index (χ4n) is 2.97. The van der Waals surface area contributed by atoms with Crippen LogP contribution < -0.4 is 10.6 Å². The second-order valence-electron chi connectivity index (χ2n) is 8.16. The van der Waals surface area contributed by atoms with E-state index in [9.17, 15) is 0 Å². The maximum absolute atomic E-state index is 3.46.